The number of benzene rings is 1. The summed E-state index contributed by atoms with van der Waals surface area (Å²) >= 11 is 6.23. The van der Waals surface area contributed by atoms with E-state index in [1.165, 1.54) is 0 Å². The minimum absolute atomic E-state index is 0.675. The standard InChI is InChI=1S/C13H17ClN4/c1-18-13(10-5-2-3-6-11(10)14)12(9-17-18)16-8-4-7-15/h2-3,5-6,9,16H,4,7-8,15H2,1H3. The van der Waals surface area contributed by atoms with Crippen LogP contribution in [0.1, 0.15) is 6.42 Å². The van der Waals surface area contributed by atoms with Gasteiger partial charge in [-0.1, -0.05) is 29.8 Å². The Kier molecular flexibility index (Phi) is 4.23. The van der Waals surface area contributed by atoms with Gasteiger partial charge in [0.15, 0.2) is 0 Å². The van der Waals surface area contributed by atoms with Crippen LogP contribution in [0.3, 0.4) is 0 Å². The molecule has 0 aliphatic rings. The first kappa shape index (κ1) is 12.9. The number of nitrogens with two attached hydrogens (primary N) is 1. The Hall–Kier alpha value is -1.52. The second-order valence-electron chi connectivity index (χ2n) is 4.08. The van der Waals surface area contributed by atoms with Crippen LogP contribution < -0.4 is 11.1 Å². The number of hydrogen-bond donors (Lipinski definition) is 2. The van der Waals surface area contributed by atoms with Crippen molar-refractivity contribution in [2.75, 3.05) is 18.4 Å². The molecular weight excluding hydrogens is 248 g/mol. The van der Waals surface area contributed by atoms with Gasteiger partial charge in [0, 0.05) is 19.2 Å². The van der Waals surface area contributed by atoms with Crippen molar-refractivity contribution in [3.63, 3.8) is 0 Å². The quantitative estimate of drug-likeness (QED) is 0.816. The van der Waals surface area contributed by atoms with Gasteiger partial charge in [-0.2, -0.15) is 5.10 Å². The molecule has 0 unspecified atom stereocenters. The second-order valence-corrected chi connectivity index (χ2v) is 4.49. The van der Waals surface area contributed by atoms with Crippen LogP contribution in [0.5, 0.6) is 0 Å². The number of rotatable bonds is 5. The van der Waals surface area contributed by atoms with E-state index in [0.29, 0.717) is 6.54 Å². The lowest BCUT2D eigenvalue weighted by atomic mass is 10.1. The summed E-state index contributed by atoms with van der Waals surface area (Å²) in [6.45, 7) is 1.51. The van der Waals surface area contributed by atoms with Crippen LogP contribution in [-0.4, -0.2) is 22.9 Å². The van der Waals surface area contributed by atoms with Crippen LogP contribution in [0.25, 0.3) is 11.3 Å². The highest BCUT2D eigenvalue weighted by Crippen LogP contribution is 2.32. The van der Waals surface area contributed by atoms with Crippen molar-refractivity contribution in [2.24, 2.45) is 12.8 Å². The van der Waals surface area contributed by atoms with Crippen LogP contribution in [-0.2, 0) is 7.05 Å². The van der Waals surface area contributed by atoms with Gasteiger partial charge in [-0.3, -0.25) is 4.68 Å². The fourth-order valence-corrected chi connectivity index (χ4v) is 2.09. The van der Waals surface area contributed by atoms with Crippen molar-refractivity contribution in [3.05, 3.63) is 35.5 Å². The van der Waals surface area contributed by atoms with Gasteiger partial charge in [-0.15, -0.1) is 0 Å². The number of hydrogen-bond acceptors (Lipinski definition) is 3. The molecule has 0 fully saturated rings. The van der Waals surface area contributed by atoms with Gasteiger partial charge < -0.3 is 11.1 Å². The molecule has 0 spiro atoms. The summed E-state index contributed by atoms with van der Waals surface area (Å²) < 4.78 is 1.83. The van der Waals surface area contributed by atoms with E-state index in [9.17, 15) is 0 Å². The fraction of sp³-hybridized carbons (Fsp3) is 0.308. The van der Waals surface area contributed by atoms with E-state index in [2.05, 4.69) is 10.4 Å². The third-order valence-corrected chi connectivity index (χ3v) is 3.09. The summed E-state index contributed by atoms with van der Waals surface area (Å²) in [6.07, 6.45) is 2.74. The molecule has 2 rings (SSSR count). The molecule has 0 bridgehead atoms. The van der Waals surface area contributed by atoms with Crippen LogP contribution in [0.2, 0.25) is 5.02 Å². The zero-order valence-electron chi connectivity index (χ0n) is 10.4. The van der Waals surface area contributed by atoms with Gasteiger partial charge in [-0.25, -0.2) is 0 Å². The fourth-order valence-electron chi connectivity index (χ4n) is 1.86. The summed E-state index contributed by atoms with van der Waals surface area (Å²) in [4.78, 5) is 0. The Morgan fingerprint density at radius 1 is 1.39 bits per heavy atom. The molecule has 4 nitrogen and oxygen atoms in total. The van der Waals surface area contributed by atoms with Gasteiger partial charge in [0.2, 0.25) is 0 Å². The first-order valence-electron chi connectivity index (χ1n) is 5.95. The van der Waals surface area contributed by atoms with Crippen molar-refractivity contribution >= 4 is 17.3 Å². The van der Waals surface area contributed by atoms with Gasteiger partial charge in [0.05, 0.1) is 22.6 Å². The average molecular weight is 265 g/mol. The van der Waals surface area contributed by atoms with E-state index in [-0.39, 0.29) is 0 Å². The molecule has 0 aliphatic heterocycles. The number of halogens is 1. The van der Waals surface area contributed by atoms with E-state index in [4.69, 9.17) is 17.3 Å². The molecule has 0 saturated carbocycles. The maximum Gasteiger partial charge on any atom is 0.0925 e. The van der Waals surface area contributed by atoms with E-state index >= 15 is 0 Å². The molecule has 0 atom stereocenters. The largest absolute Gasteiger partial charge is 0.382 e. The molecule has 0 radical (unpaired) electrons. The summed E-state index contributed by atoms with van der Waals surface area (Å²) in [5.74, 6) is 0. The first-order valence-corrected chi connectivity index (χ1v) is 6.32. The molecule has 3 N–H and O–H groups in total. The Morgan fingerprint density at radius 2 is 2.17 bits per heavy atom. The lowest BCUT2D eigenvalue weighted by molar-refractivity contribution is 0.776. The summed E-state index contributed by atoms with van der Waals surface area (Å²) in [5.41, 5.74) is 8.45. The minimum atomic E-state index is 0.675. The van der Waals surface area contributed by atoms with Gasteiger partial charge >= 0.3 is 0 Å². The number of aryl methyl sites for hydroxylation is 1. The van der Waals surface area contributed by atoms with Gasteiger partial charge in [0.1, 0.15) is 0 Å². The van der Waals surface area contributed by atoms with E-state index in [1.807, 2.05) is 42.2 Å². The van der Waals surface area contributed by atoms with E-state index in [1.54, 1.807) is 0 Å². The summed E-state index contributed by atoms with van der Waals surface area (Å²) in [6, 6.07) is 7.77. The molecule has 5 heteroatoms. The molecule has 0 amide bonds. The minimum Gasteiger partial charge on any atom is -0.382 e. The maximum absolute atomic E-state index is 6.23. The smallest absolute Gasteiger partial charge is 0.0925 e. The lowest BCUT2D eigenvalue weighted by Gasteiger charge is -2.09. The summed E-state index contributed by atoms with van der Waals surface area (Å²) in [7, 11) is 1.91. The van der Waals surface area contributed by atoms with E-state index in [0.717, 1.165) is 34.9 Å². The van der Waals surface area contributed by atoms with Crippen LogP contribution >= 0.6 is 11.6 Å². The molecule has 18 heavy (non-hydrogen) atoms. The topological polar surface area (TPSA) is 55.9 Å². The third-order valence-electron chi connectivity index (χ3n) is 2.76. The number of anilines is 1. The Morgan fingerprint density at radius 3 is 2.89 bits per heavy atom. The van der Waals surface area contributed by atoms with Crippen molar-refractivity contribution in [1.29, 1.82) is 0 Å². The second kappa shape index (κ2) is 5.89. The van der Waals surface area contributed by atoms with E-state index < -0.39 is 0 Å². The van der Waals surface area contributed by atoms with Gasteiger partial charge in [0.25, 0.3) is 0 Å². The SMILES string of the molecule is Cn1ncc(NCCCN)c1-c1ccccc1Cl. The predicted molar refractivity (Wildman–Crippen MR) is 75.8 cm³/mol. The monoisotopic (exact) mass is 264 g/mol. The molecule has 1 aromatic heterocycles. The highest BCUT2D eigenvalue weighted by molar-refractivity contribution is 6.33. The normalized spacial score (nSPS) is 10.6. The lowest BCUT2D eigenvalue weighted by Crippen LogP contribution is -2.08. The molecule has 0 saturated heterocycles. The predicted octanol–water partition coefficient (Wildman–Crippen LogP) is 2.50. The van der Waals surface area contributed by atoms with Gasteiger partial charge in [-0.05, 0) is 19.0 Å². The van der Waals surface area contributed by atoms with Crippen LogP contribution in [0.15, 0.2) is 30.5 Å². The number of nitrogens with zero attached hydrogens (tertiary/aromatic N) is 2. The zero-order chi connectivity index (χ0) is 13.0. The van der Waals surface area contributed by atoms with Crippen LogP contribution in [0, 0.1) is 0 Å². The third kappa shape index (κ3) is 2.66. The maximum atomic E-state index is 6.23. The molecular formula is C13H17ClN4. The van der Waals surface area contributed by atoms with Crippen molar-refractivity contribution in [3.8, 4) is 11.3 Å². The molecule has 96 valence electrons. The number of nitrogens with one attached hydrogen (secondary N) is 1. The number of aromatic nitrogens is 2. The Balaban J connectivity index is 2.32. The highest BCUT2D eigenvalue weighted by Gasteiger charge is 2.12. The summed E-state index contributed by atoms with van der Waals surface area (Å²) in [5, 5.41) is 8.34. The molecule has 2 aromatic rings. The van der Waals surface area contributed by atoms with Crippen molar-refractivity contribution < 1.29 is 0 Å². The molecule has 1 aromatic carbocycles. The van der Waals surface area contributed by atoms with Crippen molar-refractivity contribution in [2.45, 2.75) is 6.42 Å². The molecule has 0 aliphatic carbocycles. The zero-order valence-corrected chi connectivity index (χ0v) is 11.1. The molecule has 1 heterocycles. The van der Waals surface area contributed by atoms with Crippen molar-refractivity contribution in [1.82, 2.24) is 9.78 Å². The highest BCUT2D eigenvalue weighted by atomic mass is 35.5. The average Bonchev–Trinajstić information content (AvgIpc) is 2.72. The Labute approximate surface area is 112 Å². The van der Waals surface area contributed by atoms with Crippen LogP contribution in [0.4, 0.5) is 5.69 Å². The Bertz CT molecular complexity index is 521. The first-order chi connectivity index (χ1) is 8.74.